The second-order valence-corrected chi connectivity index (χ2v) is 10.6. The van der Waals surface area contributed by atoms with Crippen LogP contribution in [0.1, 0.15) is 54.5 Å². The van der Waals surface area contributed by atoms with Crippen LogP contribution in [0.25, 0.3) is 0 Å². The number of carboxylic acids is 1. The number of hydrogen-bond donors (Lipinski definition) is 3. The number of phenolic OH excluding ortho intramolecular Hbond substituents is 1. The summed E-state index contributed by atoms with van der Waals surface area (Å²) in [5.41, 5.74) is 5.24. The molecule has 0 amide bonds. The Balaban J connectivity index is 0.000000493. The van der Waals surface area contributed by atoms with E-state index in [2.05, 4.69) is 77.8 Å². The van der Waals surface area contributed by atoms with Crippen LogP contribution in [0.15, 0.2) is 72.8 Å². The van der Waals surface area contributed by atoms with Crippen LogP contribution in [0.4, 0.5) is 13.2 Å². The minimum absolute atomic E-state index is 0.172. The van der Waals surface area contributed by atoms with Crippen molar-refractivity contribution in [1.29, 1.82) is 0 Å². The maximum absolute atomic E-state index is 10.6. The first kappa shape index (κ1) is 30.4. The lowest BCUT2D eigenvalue weighted by Gasteiger charge is -2.38. The Labute approximate surface area is 238 Å². The van der Waals surface area contributed by atoms with Crippen molar-refractivity contribution in [2.24, 2.45) is 0 Å². The van der Waals surface area contributed by atoms with E-state index in [1.807, 2.05) is 12.1 Å². The standard InChI is InChI=1S/C30H36N2O2.C2HF3O2/c1-22(29-9-5-6-17-31-29)34-27-13-10-23(11-14-27)19-30-28-15-12-26(33)20-25(28)16-18-32(30)21-24-7-3-2-4-8-24;3-2(4,5)1(6)7/h2-4,7-8,10-15,20,22,29-31,33H,5-6,9,16-19,21H2,1H3;(H,6,7). The summed E-state index contributed by atoms with van der Waals surface area (Å²) in [4.78, 5) is 11.5. The van der Waals surface area contributed by atoms with Gasteiger partial charge in [0.2, 0.25) is 0 Å². The fourth-order valence-corrected chi connectivity index (χ4v) is 5.50. The second kappa shape index (κ2) is 13.9. The minimum Gasteiger partial charge on any atom is -0.508 e. The van der Waals surface area contributed by atoms with E-state index in [0.717, 1.165) is 38.2 Å². The zero-order valence-corrected chi connectivity index (χ0v) is 23.1. The Morgan fingerprint density at radius 1 is 1.05 bits per heavy atom. The third kappa shape index (κ3) is 8.71. The average Bonchev–Trinajstić information content (AvgIpc) is 2.96. The van der Waals surface area contributed by atoms with Crippen molar-refractivity contribution in [3.05, 3.63) is 95.1 Å². The average molecular weight is 571 g/mol. The van der Waals surface area contributed by atoms with Gasteiger partial charge in [-0.15, -0.1) is 0 Å². The molecule has 3 aromatic rings. The molecule has 2 heterocycles. The fourth-order valence-electron chi connectivity index (χ4n) is 5.50. The number of alkyl halides is 3. The molecule has 1 saturated heterocycles. The lowest BCUT2D eigenvalue weighted by atomic mass is 9.88. The molecule has 2 aliphatic rings. The summed E-state index contributed by atoms with van der Waals surface area (Å²) in [7, 11) is 0. The van der Waals surface area contributed by atoms with E-state index in [1.165, 1.54) is 41.5 Å². The summed E-state index contributed by atoms with van der Waals surface area (Å²) in [5, 5.41) is 20.7. The maximum atomic E-state index is 10.6. The molecule has 0 saturated carbocycles. The van der Waals surface area contributed by atoms with Crippen LogP contribution in [0.2, 0.25) is 0 Å². The van der Waals surface area contributed by atoms with Gasteiger partial charge in [0.05, 0.1) is 0 Å². The van der Waals surface area contributed by atoms with Crippen molar-refractivity contribution in [3.63, 3.8) is 0 Å². The number of fused-ring (bicyclic) bond motifs is 1. The number of halogens is 3. The number of phenols is 1. The quantitative estimate of drug-likeness (QED) is 0.310. The molecule has 6 nitrogen and oxygen atoms in total. The molecular formula is C32H37F3N2O4. The van der Waals surface area contributed by atoms with Crippen molar-refractivity contribution in [3.8, 4) is 11.5 Å². The first-order valence-electron chi connectivity index (χ1n) is 14.0. The minimum atomic E-state index is -5.08. The van der Waals surface area contributed by atoms with Gasteiger partial charge in [-0.1, -0.05) is 55.0 Å². The molecule has 0 aliphatic carbocycles. The number of rotatable bonds is 7. The molecule has 220 valence electrons. The molecule has 0 radical (unpaired) electrons. The van der Waals surface area contributed by atoms with Crippen molar-refractivity contribution < 1.29 is 32.9 Å². The summed E-state index contributed by atoms with van der Waals surface area (Å²) < 4.78 is 38.0. The van der Waals surface area contributed by atoms with Crippen LogP contribution in [-0.2, 0) is 24.2 Å². The van der Waals surface area contributed by atoms with Gasteiger partial charge in [0.1, 0.15) is 17.6 Å². The molecule has 3 atom stereocenters. The topological polar surface area (TPSA) is 82.0 Å². The molecule has 3 aromatic carbocycles. The van der Waals surface area contributed by atoms with E-state index in [4.69, 9.17) is 14.6 Å². The Hall–Kier alpha value is -3.56. The Kier molecular flexibility index (Phi) is 10.3. The van der Waals surface area contributed by atoms with Gasteiger partial charge in [-0.3, -0.25) is 4.90 Å². The summed E-state index contributed by atoms with van der Waals surface area (Å²) in [5.74, 6) is -1.46. The van der Waals surface area contributed by atoms with E-state index >= 15 is 0 Å². The van der Waals surface area contributed by atoms with Crippen LogP contribution < -0.4 is 10.1 Å². The maximum Gasteiger partial charge on any atom is 0.490 e. The molecule has 0 aromatic heterocycles. The van der Waals surface area contributed by atoms with Crippen LogP contribution >= 0.6 is 0 Å². The summed E-state index contributed by atoms with van der Waals surface area (Å²) in [6, 6.07) is 26.0. The van der Waals surface area contributed by atoms with Crippen molar-refractivity contribution in [2.75, 3.05) is 13.1 Å². The molecule has 1 fully saturated rings. The van der Waals surface area contributed by atoms with Gasteiger partial charge >= 0.3 is 12.1 Å². The van der Waals surface area contributed by atoms with Crippen molar-refractivity contribution in [1.82, 2.24) is 10.2 Å². The Morgan fingerprint density at radius 2 is 1.76 bits per heavy atom. The largest absolute Gasteiger partial charge is 0.508 e. The Bertz CT molecular complexity index is 1260. The molecule has 5 rings (SSSR count). The van der Waals surface area contributed by atoms with E-state index in [0.29, 0.717) is 11.8 Å². The SMILES string of the molecule is CC(Oc1ccc(CC2c3ccc(O)cc3CCN2Cc2ccccc2)cc1)C1CCCCN1.O=C(O)C(F)(F)F. The molecule has 2 aliphatic heterocycles. The highest BCUT2D eigenvalue weighted by Crippen LogP contribution is 2.35. The zero-order valence-electron chi connectivity index (χ0n) is 23.1. The molecule has 9 heteroatoms. The van der Waals surface area contributed by atoms with Crippen LogP contribution in [0, 0.1) is 0 Å². The smallest absolute Gasteiger partial charge is 0.490 e. The molecule has 41 heavy (non-hydrogen) atoms. The van der Waals surface area contributed by atoms with Crippen LogP contribution in [-0.4, -0.2) is 52.5 Å². The highest BCUT2D eigenvalue weighted by molar-refractivity contribution is 5.73. The number of piperidine rings is 1. The fraction of sp³-hybridized carbons (Fsp3) is 0.406. The predicted molar refractivity (Wildman–Crippen MR) is 151 cm³/mol. The number of ether oxygens (including phenoxy) is 1. The molecule has 0 spiro atoms. The van der Waals surface area contributed by atoms with E-state index in [1.54, 1.807) is 0 Å². The zero-order chi connectivity index (χ0) is 29.4. The predicted octanol–water partition coefficient (Wildman–Crippen LogP) is 6.28. The molecular weight excluding hydrogens is 533 g/mol. The third-order valence-corrected chi connectivity index (χ3v) is 7.66. The normalized spacial score (nSPS) is 19.8. The summed E-state index contributed by atoms with van der Waals surface area (Å²) in [6.07, 6.45) is 0.725. The lowest BCUT2D eigenvalue weighted by molar-refractivity contribution is -0.192. The highest BCUT2D eigenvalue weighted by atomic mass is 19.4. The van der Waals surface area contributed by atoms with Crippen molar-refractivity contribution in [2.45, 2.75) is 69.9 Å². The Morgan fingerprint density at radius 3 is 2.39 bits per heavy atom. The number of aliphatic carboxylic acids is 1. The molecule has 3 unspecified atom stereocenters. The van der Waals surface area contributed by atoms with Gasteiger partial charge in [-0.2, -0.15) is 13.2 Å². The van der Waals surface area contributed by atoms with Gasteiger partial charge < -0.3 is 20.3 Å². The second-order valence-electron chi connectivity index (χ2n) is 10.6. The molecule has 0 bridgehead atoms. The first-order chi connectivity index (χ1) is 19.6. The monoisotopic (exact) mass is 570 g/mol. The van der Waals surface area contributed by atoms with Crippen LogP contribution in [0.5, 0.6) is 11.5 Å². The van der Waals surface area contributed by atoms with Crippen molar-refractivity contribution >= 4 is 5.97 Å². The number of carbonyl (C=O) groups is 1. The highest BCUT2D eigenvalue weighted by Gasteiger charge is 2.38. The number of nitrogens with zero attached hydrogens (tertiary/aromatic N) is 1. The van der Waals surface area contributed by atoms with Gasteiger partial charge in [0.25, 0.3) is 0 Å². The van der Waals surface area contributed by atoms with Gasteiger partial charge in [0, 0.05) is 25.2 Å². The summed E-state index contributed by atoms with van der Waals surface area (Å²) >= 11 is 0. The van der Waals surface area contributed by atoms with Gasteiger partial charge in [-0.25, -0.2) is 4.79 Å². The lowest BCUT2D eigenvalue weighted by Crippen LogP contribution is -2.44. The number of hydrogen-bond acceptors (Lipinski definition) is 5. The summed E-state index contributed by atoms with van der Waals surface area (Å²) in [6.45, 7) is 5.19. The number of benzene rings is 3. The molecule has 3 N–H and O–H groups in total. The van der Waals surface area contributed by atoms with E-state index in [-0.39, 0.29) is 12.1 Å². The number of aromatic hydroxyl groups is 1. The van der Waals surface area contributed by atoms with Crippen LogP contribution in [0.3, 0.4) is 0 Å². The number of nitrogens with one attached hydrogen (secondary N) is 1. The van der Waals surface area contributed by atoms with E-state index < -0.39 is 12.1 Å². The third-order valence-electron chi connectivity index (χ3n) is 7.66. The van der Waals surface area contributed by atoms with Gasteiger partial charge in [-0.05, 0) is 85.7 Å². The van der Waals surface area contributed by atoms with Gasteiger partial charge in [0.15, 0.2) is 0 Å². The van der Waals surface area contributed by atoms with E-state index in [9.17, 15) is 18.3 Å². The first-order valence-corrected chi connectivity index (χ1v) is 14.0. The number of carboxylic acid groups (broad SMARTS) is 1.